The summed E-state index contributed by atoms with van der Waals surface area (Å²) in [7, 11) is 0. The van der Waals surface area contributed by atoms with E-state index in [4.69, 9.17) is 21.1 Å². The van der Waals surface area contributed by atoms with Crippen LogP contribution in [-0.4, -0.2) is 76.8 Å². The van der Waals surface area contributed by atoms with Crippen LogP contribution >= 0.6 is 0 Å². The third kappa shape index (κ3) is 8.33. The van der Waals surface area contributed by atoms with E-state index < -0.39 is 67.9 Å². The highest BCUT2D eigenvalue weighted by molar-refractivity contribution is 5.94. The number of hydrogen-bond acceptors (Lipinski definition) is 7. The molecule has 3 amide bonds. The minimum atomic E-state index is -1.51. The Bertz CT molecular complexity index is 481. The molecule has 0 radical (unpaired) electrons. The van der Waals surface area contributed by atoms with Gasteiger partial charge in [-0.15, -0.1) is 0 Å². The molecule has 0 saturated heterocycles. The predicted molar refractivity (Wildman–Crippen MR) is 72.9 cm³/mol. The molecule has 2 atom stereocenters. The fourth-order valence-corrected chi connectivity index (χ4v) is 1.39. The molecule has 12 heteroatoms. The van der Waals surface area contributed by atoms with E-state index in [2.05, 4.69) is 5.32 Å². The van der Waals surface area contributed by atoms with Crippen molar-refractivity contribution in [3.8, 4) is 0 Å². The maximum absolute atomic E-state index is 11.9. The highest BCUT2D eigenvalue weighted by atomic mass is 16.4. The summed E-state index contributed by atoms with van der Waals surface area (Å²) in [6, 6.07) is -3.02. The molecule has 0 aliphatic carbocycles. The number of rotatable bonds is 10. The third-order valence-electron chi connectivity index (χ3n) is 2.45. The molecule has 12 nitrogen and oxygen atoms in total. The van der Waals surface area contributed by atoms with Crippen molar-refractivity contribution in [3.63, 3.8) is 0 Å². The Hall–Kier alpha value is -2.73. The van der Waals surface area contributed by atoms with E-state index in [0.717, 1.165) is 0 Å². The average molecular weight is 334 g/mol. The Balaban J connectivity index is 4.83. The van der Waals surface area contributed by atoms with Gasteiger partial charge < -0.3 is 37.0 Å². The Labute approximate surface area is 130 Å². The molecule has 0 aromatic rings. The van der Waals surface area contributed by atoms with Crippen LogP contribution in [0.25, 0.3) is 0 Å². The van der Waals surface area contributed by atoms with Crippen LogP contribution in [0, 0.1) is 0 Å². The van der Waals surface area contributed by atoms with Crippen molar-refractivity contribution in [2.45, 2.75) is 18.5 Å². The maximum Gasteiger partial charge on any atom is 0.322 e. The number of carbonyl (C=O) groups excluding carboxylic acids is 3. The number of nitrogens with one attached hydrogen (secondary N) is 3. The van der Waals surface area contributed by atoms with E-state index in [1.54, 1.807) is 0 Å². The number of amides is 3. The van der Waals surface area contributed by atoms with Crippen LogP contribution in [0.2, 0.25) is 0 Å². The highest BCUT2D eigenvalue weighted by Gasteiger charge is 2.27. The molecule has 0 bridgehead atoms. The molecule has 0 aliphatic rings. The van der Waals surface area contributed by atoms with E-state index >= 15 is 0 Å². The Morgan fingerprint density at radius 3 is 1.96 bits per heavy atom. The standard InChI is InChI=1S/C11H18N4O8/c12-2-7(17)14-5(1-8(18)19)11(23)15-6(4-16)10(22)13-3-9(20)21/h5-6,16H,1-4,12H2,(H,13,22)(H,14,17)(H,15,23)(H,18,19)(H,20,21). The lowest BCUT2D eigenvalue weighted by molar-refractivity contribution is -0.141. The minimum absolute atomic E-state index is 0.480. The zero-order valence-electron chi connectivity index (χ0n) is 11.9. The number of aliphatic hydroxyl groups is 1. The largest absolute Gasteiger partial charge is 0.481 e. The normalized spacial score (nSPS) is 12.6. The van der Waals surface area contributed by atoms with Crippen molar-refractivity contribution < 1.29 is 39.3 Å². The summed E-state index contributed by atoms with van der Waals surface area (Å²) in [4.78, 5) is 55.7. The van der Waals surface area contributed by atoms with Gasteiger partial charge in [-0.05, 0) is 0 Å². The molecule has 0 aliphatic heterocycles. The lowest BCUT2D eigenvalue weighted by Gasteiger charge is -2.20. The van der Waals surface area contributed by atoms with Gasteiger partial charge in [0.2, 0.25) is 17.7 Å². The Morgan fingerprint density at radius 1 is 0.913 bits per heavy atom. The molecule has 8 N–H and O–H groups in total. The summed E-state index contributed by atoms with van der Waals surface area (Å²) >= 11 is 0. The molecular weight excluding hydrogens is 316 g/mol. The smallest absolute Gasteiger partial charge is 0.322 e. The number of hydrogen-bond donors (Lipinski definition) is 7. The first kappa shape index (κ1) is 20.3. The summed E-state index contributed by atoms with van der Waals surface area (Å²) in [6.45, 7) is -2.07. The first-order valence-corrected chi connectivity index (χ1v) is 6.33. The van der Waals surface area contributed by atoms with E-state index in [1.165, 1.54) is 0 Å². The predicted octanol–water partition coefficient (Wildman–Crippen LogP) is -4.42. The molecule has 0 fully saturated rings. The van der Waals surface area contributed by atoms with Crippen LogP contribution < -0.4 is 21.7 Å². The van der Waals surface area contributed by atoms with Gasteiger partial charge in [-0.25, -0.2) is 0 Å². The van der Waals surface area contributed by atoms with Gasteiger partial charge in [-0.1, -0.05) is 0 Å². The lowest BCUT2D eigenvalue weighted by Crippen LogP contribution is -2.56. The molecule has 0 spiro atoms. The summed E-state index contributed by atoms with van der Waals surface area (Å²) in [5.74, 6) is -5.54. The number of aliphatic hydroxyl groups excluding tert-OH is 1. The second kappa shape index (κ2) is 10.1. The number of nitrogens with two attached hydrogens (primary N) is 1. The fourth-order valence-electron chi connectivity index (χ4n) is 1.39. The number of carboxylic acids is 2. The van der Waals surface area contributed by atoms with Crippen LogP contribution in [0.1, 0.15) is 6.42 Å². The summed E-state index contributed by atoms with van der Waals surface area (Å²) in [6.07, 6.45) is -0.771. The van der Waals surface area contributed by atoms with Gasteiger partial charge in [0.05, 0.1) is 19.6 Å². The monoisotopic (exact) mass is 334 g/mol. The Kier molecular flexibility index (Phi) is 8.88. The highest BCUT2D eigenvalue weighted by Crippen LogP contribution is 1.95. The first-order chi connectivity index (χ1) is 10.7. The third-order valence-corrected chi connectivity index (χ3v) is 2.45. The van der Waals surface area contributed by atoms with Crippen molar-refractivity contribution in [1.29, 1.82) is 0 Å². The summed E-state index contributed by atoms with van der Waals surface area (Å²) in [5.41, 5.74) is 5.04. The van der Waals surface area contributed by atoms with E-state index in [-0.39, 0.29) is 0 Å². The second-order valence-electron chi connectivity index (χ2n) is 4.28. The van der Waals surface area contributed by atoms with E-state index in [1.807, 2.05) is 10.6 Å². The number of carboxylic acid groups (broad SMARTS) is 2. The quantitative estimate of drug-likeness (QED) is 0.205. The van der Waals surface area contributed by atoms with Crippen LogP contribution in [0.15, 0.2) is 0 Å². The van der Waals surface area contributed by atoms with Gasteiger partial charge in [0.1, 0.15) is 18.6 Å². The Morgan fingerprint density at radius 2 is 1.52 bits per heavy atom. The van der Waals surface area contributed by atoms with Crippen molar-refractivity contribution in [2.75, 3.05) is 19.7 Å². The molecule has 0 aromatic carbocycles. The van der Waals surface area contributed by atoms with Gasteiger partial charge in [-0.3, -0.25) is 24.0 Å². The fraction of sp³-hybridized carbons (Fsp3) is 0.545. The van der Waals surface area contributed by atoms with Crippen LogP contribution in [0.4, 0.5) is 0 Å². The SMILES string of the molecule is NCC(=O)NC(CC(=O)O)C(=O)NC(CO)C(=O)NCC(=O)O. The zero-order chi connectivity index (χ0) is 18.0. The minimum Gasteiger partial charge on any atom is -0.481 e. The molecule has 0 saturated carbocycles. The first-order valence-electron chi connectivity index (χ1n) is 6.33. The zero-order valence-corrected chi connectivity index (χ0v) is 11.9. The molecule has 0 rings (SSSR count). The van der Waals surface area contributed by atoms with E-state index in [9.17, 15) is 24.0 Å². The maximum atomic E-state index is 11.9. The topological polar surface area (TPSA) is 208 Å². The van der Waals surface area contributed by atoms with Gasteiger partial charge in [0.15, 0.2) is 0 Å². The van der Waals surface area contributed by atoms with Crippen molar-refractivity contribution in [2.24, 2.45) is 5.73 Å². The van der Waals surface area contributed by atoms with Crippen LogP contribution in [0.5, 0.6) is 0 Å². The molecule has 23 heavy (non-hydrogen) atoms. The summed E-state index contributed by atoms with van der Waals surface area (Å²) in [5, 5.41) is 32.2. The molecule has 0 heterocycles. The van der Waals surface area contributed by atoms with Gasteiger partial charge in [-0.2, -0.15) is 0 Å². The molecule has 2 unspecified atom stereocenters. The average Bonchev–Trinajstić information content (AvgIpc) is 2.48. The van der Waals surface area contributed by atoms with Crippen molar-refractivity contribution in [3.05, 3.63) is 0 Å². The van der Waals surface area contributed by atoms with Crippen molar-refractivity contribution in [1.82, 2.24) is 16.0 Å². The molecule has 0 aromatic heterocycles. The van der Waals surface area contributed by atoms with Crippen molar-refractivity contribution >= 4 is 29.7 Å². The molecule has 130 valence electrons. The van der Waals surface area contributed by atoms with Gasteiger partial charge in [0.25, 0.3) is 0 Å². The lowest BCUT2D eigenvalue weighted by atomic mass is 10.1. The molecular formula is C11H18N4O8. The van der Waals surface area contributed by atoms with Crippen LogP contribution in [-0.2, 0) is 24.0 Å². The van der Waals surface area contributed by atoms with E-state index in [0.29, 0.717) is 0 Å². The van der Waals surface area contributed by atoms with Gasteiger partial charge in [0, 0.05) is 0 Å². The number of aliphatic carboxylic acids is 2. The van der Waals surface area contributed by atoms with Crippen LogP contribution in [0.3, 0.4) is 0 Å². The summed E-state index contributed by atoms with van der Waals surface area (Å²) < 4.78 is 0. The number of carbonyl (C=O) groups is 5. The van der Waals surface area contributed by atoms with Gasteiger partial charge >= 0.3 is 11.9 Å². The second-order valence-corrected chi connectivity index (χ2v) is 4.28.